The average Bonchev–Trinajstić information content (AvgIpc) is 2.77. The highest BCUT2D eigenvalue weighted by Crippen LogP contribution is 2.29. The van der Waals surface area contributed by atoms with Crippen LogP contribution in [-0.4, -0.2) is 56.6 Å². The van der Waals surface area contributed by atoms with E-state index in [4.69, 9.17) is 0 Å². The van der Waals surface area contributed by atoms with E-state index in [2.05, 4.69) is 47.6 Å². The Hall–Kier alpha value is -0.420. The van der Waals surface area contributed by atoms with E-state index in [0.29, 0.717) is 6.04 Å². The van der Waals surface area contributed by atoms with Gasteiger partial charge in [0.2, 0.25) is 0 Å². The second-order valence-corrected chi connectivity index (χ2v) is 6.28. The molecule has 1 aromatic rings. The third-order valence-corrected chi connectivity index (χ3v) is 4.88. The van der Waals surface area contributed by atoms with Gasteiger partial charge in [0.05, 0.1) is 0 Å². The lowest BCUT2D eigenvalue weighted by Gasteiger charge is -2.31. The highest BCUT2D eigenvalue weighted by Gasteiger charge is 2.19. The first-order valence-electron chi connectivity index (χ1n) is 6.82. The molecule has 0 saturated carbocycles. The van der Waals surface area contributed by atoms with Crippen molar-refractivity contribution in [3.63, 3.8) is 0 Å². The third-order valence-electron chi connectivity index (χ3n) is 3.76. The van der Waals surface area contributed by atoms with Crippen molar-refractivity contribution in [1.82, 2.24) is 15.1 Å². The van der Waals surface area contributed by atoms with Crippen LogP contribution in [0.15, 0.2) is 11.4 Å². The Morgan fingerprint density at radius 3 is 2.67 bits per heavy atom. The van der Waals surface area contributed by atoms with E-state index < -0.39 is 0 Å². The number of thiophene rings is 1. The summed E-state index contributed by atoms with van der Waals surface area (Å²) in [5.41, 5.74) is 1.44. The monoisotopic (exact) mass is 267 g/mol. The summed E-state index contributed by atoms with van der Waals surface area (Å²) >= 11 is 1.90. The lowest BCUT2D eigenvalue weighted by molar-refractivity contribution is 0.200. The normalized spacial score (nSPS) is 19.3. The SMILES string of the molecule is Cc1ccsc1C(CCN1CCNCC1)N(C)C. The van der Waals surface area contributed by atoms with E-state index >= 15 is 0 Å². The molecule has 2 rings (SSSR count). The molecule has 102 valence electrons. The zero-order chi connectivity index (χ0) is 13.0. The molecule has 4 heteroatoms. The van der Waals surface area contributed by atoms with Crippen LogP contribution in [0.2, 0.25) is 0 Å². The molecule has 0 aromatic carbocycles. The van der Waals surface area contributed by atoms with Crippen LogP contribution >= 0.6 is 11.3 Å². The van der Waals surface area contributed by atoms with Crippen LogP contribution < -0.4 is 5.32 Å². The van der Waals surface area contributed by atoms with E-state index in [1.54, 1.807) is 0 Å². The van der Waals surface area contributed by atoms with Gasteiger partial charge in [-0.15, -0.1) is 11.3 Å². The maximum Gasteiger partial charge on any atom is 0.0450 e. The van der Waals surface area contributed by atoms with Crippen LogP contribution in [0, 0.1) is 6.92 Å². The second kappa shape index (κ2) is 6.66. The zero-order valence-electron chi connectivity index (χ0n) is 11.8. The minimum atomic E-state index is 0.569. The van der Waals surface area contributed by atoms with Crippen molar-refractivity contribution in [3.8, 4) is 0 Å². The van der Waals surface area contributed by atoms with Gasteiger partial charge in [0.25, 0.3) is 0 Å². The second-order valence-electron chi connectivity index (χ2n) is 5.33. The van der Waals surface area contributed by atoms with E-state index in [1.807, 2.05) is 11.3 Å². The lowest BCUT2D eigenvalue weighted by atomic mass is 10.1. The smallest absolute Gasteiger partial charge is 0.0450 e. The van der Waals surface area contributed by atoms with Crippen molar-refractivity contribution >= 4 is 11.3 Å². The third kappa shape index (κ3) is 3.54. The van der Waals surface area contributed by atoms with Crippen molar-refractivity contribution in [2.45, 2.75) is 19.4 Å². The molecular weight excluding hydrogens is 242 g/mol. The molecular formula is C14H25N3S. The Bertz CT molecular complexity index is 356. The molecule has 2 heterocycles. The predicted molar refractivity (Wildman–Crippen MR) is 79.4 cm³/mol. The maximum absolute atomic E-state index is 3.41. The van der Waals surface area contributed by atoms with Crippen molar-refractivity contribution < 1.29 is 0 Å². The van der Waals surface area contributed by atoms with Gasteiger partial charge >= 0.3 is 0 Å². The molecule has 1 saturated heterocycles. The first-order chi connectivity index (χ1) is 8.68. The summed E-state index contributed by atoms with van der Waals surface area (Å²) in [6, 6.07) is 2.81. The van der Waals surface area contributed by atoms with Crippen molar-refractivity contribution in [2.75, 3.05) is 46.8 Å². The number of hydrogen-bond donors (Lipinski definition) is 1. The molecule has 1 N–H and O–H groups in total. The van der Waals surface area contributed by atoms with Gasteiger partial charge in [-0.05, 0) is 44.4 Å². The Kier molecular flexibility index (Phi) is 5.18. The van der Waals surface area contributed by atoms with Crippen molar-refractivity contribution in [3.05, 3.63) is 21.9 Å². The highest BCUT2D eigenvalue weighted by atomic mass is 32.1. The summed E-state index contributed by atoms with van der Waals surface area (Å²) in [4.78, 5) is 6.48. The van der Waals surface area contributed by atoms with Gasteiger partial charge in [-0.25, -0.2) is 0 Å². The Balaban J connectivity index is 1.92. The van der Waals surface area contributed by atoms with E-state index in [0.717, 1.165) is 13.1 Å². The summed E-state index contributed by atoms with van der Waals surface area (Å²) in [5, 5.41) is 5.63. The van der Waals surface area contributed by atoms with Crippen molar-refractivity contribution in [2.24, 2.45) is 0 Å². The molecule has 0 amide bonds. The molecule has 1 fully saturated rings. The molecule has 1 aromatic heterocycles. The summed E-state index contributed by atoms with van der Waals surface area (Å²) < 4.78 is 0. The van der Waals surface area contributed by atoms with E-state index in [9.17, 15) is 0 Å². The van der Waals surface area contributed by atoms with Gasteiger partial charge in [-0.2, -0.15) is 0 Å². The van der Waals surface area contributed by atoms with Gasteiger partial charge < -0.3 is 15.1 Å². The number of aryl methyl sites for hydroxylation is 1. The van der Waals surface area contributed by atoms with Crippen LogP contribution in [0.3, 0.4) is 0 Å². The zero-order valence-corrected chi connectivity index (χ0v) is 12.6. The van der Waals surface area contributed by atoms with Crippen LogP contribution in [-0.2, 0) is 0 Å². The van der Waals surface area contributed by atoms with Gasteiger partial charge in [-0.3, -0.25) is 0 Å². The standard InChI is InChI=1S/C14H25N3S/c1-12-5-11-18-14(12)13(16(2)3)4-8-17-9-6-15-7-10-17/h5,11,13,15H,4,6-10H2,1-3H3. The fourth-order valence-corrected chi connectivity index (χ4v) is 3.75. The molecule has 1 unspecified atom stereocenters. The molecule has 18 heavy (non-hydrogen) atoms. The van der Waals surface area contributed by atoms with Gasteiger partial charge in [0.15, 0.2) is 0 Å². The van der Waals surface area contributed by atoms with E-state index in [-0.39, 0.29) is 0 Å². The number of nitrogens with zero attached hydrogens (tertiary/aromatic N) is 2. The molecule has 0 spiro atoms. The minimum absolute atomic E-state index is 0.569. The van der Waals surface area contributed by atoms with Gasteiger partial charge in [0.1, 0.15) is 0 Å². The lowest BCUT2D eigenvalue weighted by Crippen LogP contribution is -2.44. The first-order valence-corrected chi connectivity index (χ1v) is 7.70. The Morgan fingerprint density at radius 2 is 2.11 bits per heavy atom. The van der Waals surface area contributed by atoms with Gasteiger partial charge in [0, 0.05) is 43.6 Å². The van der Waals surface area contributed by atoms with Crippen LogP contribution in [0.4, 0.5) is 0 Å². The van der Waals surface area contributed by atoms with Gasteiger partial charge in [-0.1, -0.05) is 0 Å². The molecule has 3 nitrogen and oxygen atoms in total. The summed E-state index contributed by atoms with van der Waals surface area (Å²) in [5.74, 6) is 0. The van der Waals surface area contributed by atoms with Crippen molar-refractivity contribution in [1.29, 1.82) is 0 Å². The molecule has 1 aliphatic rings. The van der Waals surface area contributed by atoms with Crippen LogP contribution in [0.1, 0.15) is 22.9 Å². The topological polar surface area (TPSA) is 18.5 Å². The average molecular weight is 267 g/mol. The number of nitrogens with one attached hydrogen (secondary N) is 1. The quantitative estimate of drug-likeness (QED) is 0.880. The maximum atomic E-state index is 3.41. The Morgan fingerprint density at radius 1 is 1.39 bits per heavy atom. The molecule has 0 aliphatic carbocycles. The van der Waals surface area contributed by atoms with Crippen LogP contribution in [0.25, 0.3) is 0 Å². The fraction of sp³-hybridized carbons (Fsp3) is 0.714. The number of hydrogen-bond acceptors (Lipinski definition) is 4. The summed E-state index contributed by atoms with van der Waals surface area (Å²) in [6.07, 6.45) is 1.23. The number of rotatable bonds is 5. The number of piperazine rings is 1. The first kappa shape index (κ1) is 14.0. The van der Waals surface area contributed by atoms with E-state index in [1.165, 1.54) is 36.5 Å². The summed E-state index contributed by atoms with van der Waals surface area (Å²) in [7, 11) is 4.39. The predicted octanol–water partition coefficient (Wildman–Crippen LogP) is 1.95. The largest absolute Gasteiger partial charge is 0.314 e. The highest BCUT2D eigenvalue weighted by molar-refractivity contribution is 7.10. The minimum Gasteiger partial charge on any atom is -0.314 e. The Labute approximate surface area is 115 Å². The molecule has 1 aliphatic heterocycles. The van der Waals surface area contributed by atoms with Crippen LogP contribution in [0.5, 0.6) is 0 Å². The summed E-state index contributed by atoms with van der Waals surface area (Å²) in [6.45, 7) is 8.12. The fourth-order valence-electron chi connectivity index (χ4n) is 2.59. The molecule has 0 radical (unpaired) electrons. The molecule has 0 bridgehead atoms. The molecule has 1 atom stereocenters.